The lowest BCUT2D eigenvalue weighted by Crippen LogP contribution is -2.45. The normalized spacial score (nSPS) is 17.3. The van der Waals surface area contributed by atoms with Crippen molar-refractivity contribution in [2.45, 2.75) is 44.2 Å². The quantitative estimate of drug-likeness (QED) is 0.376. The topological polar surface area (TPSA) is 102 Å². The molecule has 4 aromatic rings. The van der Waals surface area contributed by atoms with E-state index >= 15 is 0 Å². The van der Waals surface area contributed by atoms with E-state index in [1.165, 1.54) is 18.4 Å². The number of rotatable bonds is 7. The number of pyridine rings is 1. The molecule has 0 bridgehead atoms. The molecule has 1 amide bonds. The van der Waals surface area contributed by atoms with Gasteiger partial charge < -0.3 is 20.7 Å². The molecule has 2 aromatic heterocycles. The van der Waals surface area contributed by atoms with E-state index in [1.54, 1.807) is 22.2 Å². The summed E-state index contributed by atoms with van der Waals surface area (Å²) in [6, 6.07) is 16.1. The van der Waals surface area contributed by atoms with Gasteiger partial charge in [0.05, 0.1) is 12.3 Å². The van der Waals surface area contributed by atoms with Gasteiger partial charge in [-0.2, -0.15) is 0 Å². The molecule has 6 rings (SSSR count). The number of nitrogens with one attached hydrogen (secondary N) is 1. The first-order valence-electron chi connectivity index (χ1n) is 12.6. The molecule has 7 nitrogen and oxygen atoms in total. The van der Waals surface area contributed by atoms with Crippen molar-refractivity contribution in [2.75, 3.05) is 6.54 Å². The van der Waals surface area contributed by atoms with E-state index in [2.05, 4.69) is 23.5 Å². The SMILES string of the molecule is Cn1cc(-c2cccc(-n3c(CC4CCN4)cc4cc(C5CC5)ccc4c3=O)c2CO)cc1C(N)=O. The Bertz CT molecular complexity index is 1560. The van der Waals surface area contributed by atoms with Gasteiger partial charge in [-0.25, -0.2) is 0 Å². The van der Waals surface area contributed by atoms with Gasteiger partial charge in [-0.05, 0) is 72.5 Å². The van der Waals surface area contributed by atoms with Gasteiger partial charge in [-0.1, -0.05) is 24.3 Å². The number of hydrogen-bond acceptors (Lipinski definition) is 4. The minimum absolute atomic E-state index is 0.0816. The van der Waals surface area contributed by atoms with Crippen LogP contribution in [0, 0.1) is 0 Å². The minimum Gasteiger partial charge on any atom is -0.392 e. The largest absolute Gasteiger partial charge is 0.392 e. The van der Waals surface area contributed by atoms with E-state index in [1.807, 2.05) is 30.5 Å². The summed E-state index contributed by atoms with van der Waals surface area (Å²) in [5.74, 6) is 0.0967. The number of carbonyl (C=O) groups excluding carboxylic acids is 1. The predicted molar refractivity (Wildman–Crippen MR) is 140 cm³/mol. The molecule has 1 aliphatic heterocycles. The van der Waals surface area contributed by atoms with Gasteiger partial charge in [-0.15, -0.1) is 0 Å². The number of aryl methyl sites for hydroxylation is 1. The number of hydrogen-bond donors (Lipinski definition) is 3. The monoisotopic (exact) mass is 482 g/mol. The summed E-state index contributed by atoms with van der Waals surface area (Å²) in [5.41, 5.74) is 10.9. The highest BCUT2D eigenvalue weighted by atomic mass is 16.3. The van der Waals surface area contributed by atoms with Crippen molar-refractivity contribution in [2.24, 2.45) is 12.8 Å². The van der Waals surface area contributed by atoms with Gasteiger partial charge in [0.25, 0.3) is 11.5 Å². The number of aliphatic hydroxyl groups excluding tert-OH is 1. The molecule has 1 aliphatic carbocycles. The Morgan fingerprint density at radius 2 is 1.94 bits per heavy atom. The molecule has 184 valence electrons. The summed E-state index contributed by atoms with van der Waals surface area (Å²) in [6.45, 7) is 0.737. The number of aromatic nitrogens is 2. The Morgan fingerprint density at radius 1 is 1.14 bits per heavy atom. The molecule has 1 atom stereocenters. The lowest BCUT2D eigenvalue weighted by atomic mass is 9.96. The third kappa shape index (κ3) is 3.85. The second-order valence-electron chi connectivity index (χ2n) is 10.1. The van der Waals surface area contributed by atoms with E-state index in [4.69, 9.17) is 5.73 Å². The highest BCUT2D eigenvalue weighted by molar-refractivity contribution is 5.93. The van der Waals surface area contributed by atoms with Crippen LogP contribution in [0.4, 0.5) is 0 Å². The van der Waals surface area contributed by atoms with Crippen molar-refractivity contribution in [1.82, 2.24) is 14.5 Å². The fourth-order valence-electron chi connectivity index (χ4n) is 5.43. The average molecular weight is 483 g/mol. The van der Waals surface area contributed by atoms with Crippen LogP contribution in [-0.2, 0) is 20.1 Å². The van der Waals surface area contributed by atoms with Crippen LogP contribution < -0.4 is 16.6 Å². The zero-order valence-electron chi connectivity index (χ0n) is 20.3. The van der Waals surface area contributed by atoms with Gasteiger partial charge in [0.15, 0.2) is 0 Å². The molecule has 0 spiro atoms. The van der Waals surface area contributed by atoms with Gasteiger partial charge in [0.2, 0.25) is 0 Å². The van der Waals surface area contributed by atoms with Gasteiger partial charge >= 0.3 is 0 Å². The van der Waals surface area contributed by atoms with E-state index in [0.29, 0.717) is 34.3 Å². The van der Waals surface area contributed by atoms with Crippen LogP contribution in [0.25, 0.3) is 27.6 Å². The molecular weight excluding hydrogens is 452 g/mol. The molecule has 1 unspecified atom stereocenters. The van der Waals surface area contributed by atoms with Crippen molar-refractivity contribution in [3.63, 3.8) is 0 Å². The van der Waals surface area contributed by atoms with Gasteiger partial charge in [0, 0.05) is 47.9 Å². The number of amides is 1. The Balaban J connectivity index is 1.56. The van der Waals surface area contributed by atoms with Crippen LogP contribution in [0.15, 0.2) is 59.5 Å². The summed E-state index contributed by atoms with van der Waals surface area (Å²) in [6.07, 6.45) is 6.04. The summed E-state index contributed by atoms with van der Waals surface area (Å²) in [5, 5.41) is 15.6. The first kappa shape index (κ1) is 22.8. The number of fused-ring (bicyclic) bond motifs is 1. The standard InChI is InChI=1S/C29H30N4O3/c1-32-15-20(13-27(32)28(30)35)23-3-2-4-26(25(23)16-34)33-22(14-21-9-10-31-21)12-19-11-18(17-5-6-17)7-8-24(19)29(33)36/h2-4,7-8,11-13,15,17,21,31,34H,5-6,9-10,14,16H2,1H3,(H2,30,35). The molecule has 2 aromatic carbocycles. The number of aliphatic hydroxyl groups is 1. The van der Waals surface area contributed by atoms with Crippen molar-refractivity contribution in [3.8, 4) is 16.8 Å². The summed E-state index contributed by atoms with van der Waals surface area (Å²) in [7, 11) is 1.76. The Morgan fingerprint density at radius 3 is 2.58 bits per heavy atom. The van der Waals surface area contributed by atoms with Gasteiger partial charge in [0.1, 0.15) is 5.69 Å². The average Bonchev–Trinajstić information content (AvgIpc) is 3.62. The lowest BCUT2D eigenvalue weighted by molar-refractivity contribution is 0.0992. The predicted octanol–water partition coefficient (Wildman–Crippen LogP) is 3.37. The molecule has 2 fully saturated rings. The highest BCUT2D eigenvalue weighted by Gasteiger charge is 2.26. The molecular formula is C29H30N4O3. The molecule has 1 saturated heterocycles. The maximum absolute atomic E-state index is 14.0. The molecule has 2 aliphatic rings. The van der Waals surface area contributed by atoms with Crippen molar-refractivity contribution in [1.29, 1.82) is 0 Å². The summed E-state index contributed by atoms with van der Waals surface area (Å²) in [4.78, 5) is 25.8. The van der Waals surface area contributed by atoms with E-state index in [-0.39, 0.29) is 12.2 Å². The third-order valence-electron chi connectivity index (χ3n) is 7.67. The maximum Gasteiger partial charge on any atom is 0.265 e. The minimum atomic E-state index is -0.517. The molecule has 0 radical (unpaired) electrons. The number of nitrogens with zero attached hydrogens (tertiary/aromatic N) is 2. The summed E-state index contributed by atoms with van der Waals surface area (Å²) >= 11 is 0. The Hall–Kier alpha value is -3.68. The Kier molecular flexibility index (Phi) is 5.54. The first-order chi connectivity index (χ1) is 17.4. The molecule has 7 heteroatoms. The van der Waals surface area contributed by atoms with Crippen molar-refractivity contribution < 1.29 is 9.90 Å². The summed E-state index contributed by atoms with van der Waals surface area (Å²) < 4.78 is 3.45. The zero-order valence-corrected chi connectivity index (χ0v) is 20.3. The van der Waals surface area contributed by atoms with Gasteiger partial charge in [-0.3, -0.25) is 14.2 Å². The van der Waals surface area contributed by atoms with Crippen LogP contribution in [0.1, 0.15) is 52.5 Å². The van der Waals surface area contributed by atoms with Crippen LogP contribution in [0.5, 0.6) is 0 Å². The fraction of sp³-hybridized carbons (Fsp3) is 0.310. The third-order valence-corrected chi connectivity index (χ3v) is 7.67. The second-order valence-corrected chi connectivity index (χ2v) is 10.1. The molecule has 4 N–H and O–H groups in total. The van der Waals surface area contributed by atoms with Crippen molar-refractivity contribution >= 4 is 16.7 Å². The second kappa shape index (κ2) is 8.76. The number of nitrogens with two attached hydrogens (primary N) is 1. The highest BCUT2D eigenvalue weighted by Crippen LogP contribution is 2.41. The Labute approximate surface area is 209 Å². The number of primary amides is 1. The van der Waals surface area contributed by atoms with E-state index in [0.717, 1.165) is 41.6 Å². The van der Waals surface area contributed by atoms with Crippen LogP contribution in [0.3, 0.4) is 0 Å². The van der Waals surface area contributed by atoms with E-state index < -0.39 is 5.91 Å². The number of carbonyl (C=O) groups is 1. The fourth-order valence-corrected chi connectivity index (χ4v) is 5.43. The molecule has 1 saturated carbocycles. The van der Waals surface area contributed by atoms with Crippen LogP contribution in [0.2, 0.25) is 0 Å². The lowest BCUT2D eigenvalue weighted by Gasteiger charge is -2.29. The smallest absolute Gasteiger partial charge is 0.265 e. The first-order valence-corrected chi connectivity index (χ1v) is 12.6. The van der Waals surface area contributed by atoms with Crippen LogP contribution in [-0.4, -0.2) is 32.7 Å². The van der Waals surface area contributed by atoms with Crippen molar-refractivity contribution in [3.05, 3.63) is 87.6 Å². The van der Waals surface area contributed by atoms with E-state index in [9.17, 15) is 14.7 Å². The molecule has 3 heterocycles. The van der Waals surface area contributed by atoms with Crippen LogP contribution >= 0.6 is 0 Å². The number of benzene rings is 2. The maximum atomic E-state index is 14.0. The zero-order chi connectivity index (χ0) is 25.0. The molecule has 36 heavy (non-hydrogen) atoms.